The van der Waals surface area contributed by atoms with Gasteiger partial charge in [-0.25, -0.2) is 15.0 Å². The number of amides is 4. The number of nitrogens with one attached hydrogen (secondary N) is 4. The molecule has 1 aliphatic carbocycles. The molecule has 10 heteroatoms. The van der Waals surface area contributed by atoms with Gasteiger partial charge in [0.1, 0.15) is 12.4 Å². The molecular weight excluding hydrogens is 534 g/mol. The quantitative estimate of drug-likeness (QED) is 0.179. The summed E-state index contributed by atoms with van der Waals surface area (Å²) in [5.74, 6) is 0.409. The summed E-state index contributed by atoms with van der Waals surface area (Å²) in [4.78, 5) is 36.2. The number of hydrazone groups is 1. The van der Waals surface area contributed by atoms with Gasteiger partial charge in [-0.3, -0.25) is 4.79 Å². The molecule has 4 amide bonds. The average Bonchev–Trinajstić information content (AvgIpc) is 3.33. The van der Waals surface area contributed by atoms with Crippen LogP contribution in [-0.4, -0.2) is 56.6 Å². The van der Waals surface area contributed by atoms with Gasteiger partial charge >= 0.3 is 12.1 Å². The van der Waals surface area contributed by atoms with Crippen molar-refractivity contribution < 1.29 is 23.9 Å². The van der Waals surface area contributed by atoms with E-state index in [1.54, 1.807) is 12.1 Å². The van der Waals surface area contributed by atoms with E-state index in [0.29, 0.717) is 31.7 Å². The lowest BCUT2D eigenvalue weighted by atomic mass is 9.98. The summed E-state index contributed by atoms with van der Waals surface area (Å²) in [5, 5.41) is 12.2. The molecule has 0 aliphatic heterocycles. The van der Waals surface area contributed by atoms with Crippen molar-refractivity contribution in [3.05, 3.63) is 89.5 Å². The molecule has 42 heavy (non-hydrogen) atoms. The van der Waals surface area contributed by atoms with E-state index in [4.69, 9.17) is 9.47 Å². The molecule has 0 fully saturated rings. The van der Waals surface area contributed by atoms with Gasteiger partial charge < -0.3 is 25.4 Å². The van der Waals surface area contributed by atoms with Gasteiger partial charge in [-0.1, -0.05) is 67.6 Å². The number of hydrogen-bond acceptors (Lipinski definition) is 6. The molecule has 1 atom stereocenters. The van der Waals surface area contributed by atoms with Crippen molar-refractivity contribution in [2.75, 3.05) is 26.3 Å². The van der Waals surface area contributed by atoms with E-state index < -0.39 is 18.2 Å². The van der Waals surface area contributed by atoms with Crippen LogP contribution in [0.15, 0.2) is 77.9 Å². The van der Waals surface area contributed by atoms with E-state index in [9.17, 15) is 14.4 Å². The van der Waals surface area contributed by atoms with Gasteiger partial charge in [0, 0.05) is 25.2 Å². The summed E-state index contributed by atoms with van der Waals surface area (Å²) in [7, 11) is 0. The van der Waals surface area contributed by atoms with Crippen LogP contribution >= 0.6 is 0 Å². The molecule has 3 aromatic rings. The van der Waals surface area contributed by atoms with Crippen molar-refractivity contribution >= 4 is 24.2 Å². The first-order valence-electron chi connectivity index (χ1n) is 14.2. The average molecular weight is 572 g/mol. The topological polar surface area (TPSA) is 130 Å². The summed E-state index contributed by atoms with van der Waals surface area (Å²) in [6.45, 7) is 4.90. The number of carbonyl (C=O) groups is 3. The standard InChI is InChI=1S/C32H37N5O5/c1-3-23(36-32(40)42-20-29-27-11-7-5-9-25(27)26-10-6-8-12-28(26)29)19-35-37-31(39)34-18-17-22-13-15-24(16-14-22)41-21-30(38)33-4-2/h5-16,19,23,29H,3-4,17-18,20-21H2,1-2H3,(H,33,38)(H,36,40)(H2,34,37,39)/b35-19+. The van der Waals surface area contributed by atoms with Gasteiger partial charge in [0.2, 0.25) is 0 Å². The Morgan fingerprint density at radius 3 is 2.21 bits per heavy atom. The molecule has 0 bridgehead atoms. The first-order valence-corrected chi connectivity index (χ1v) is 14.2. The largest absolute Gasteiger partial charge is 0.484 e. The van der Waals surface area contributed by atoms with Crippen molar-refractivity contribution in [2.45, 2.75) is 38.6 Å². The van der Waals surface area contributed by atoms with Crippen molar-refractivity contribution in [3.8, 4) is 16.9 Å². The number of hydrogen-bond donors (Lipinski definition) is 4. The maximum atomic E-state index is 12.6. The highest BCUT2D eigenvalue weighted by molar-refractivity contribution is 5.80. The van der Waals surface area contributed by atoms with Crippen molar-refractivity contribution in [1.82, 2.24) is 21.4 Å². The van der Waals surface area contributed by atoms with Crippen molar-refractivity contribution in [2.24, 2.45) is 5.10 Å². The lowest BCUT2D eigenvalue weighted by Crippen LogP contribution is -2.38. The number of likely N-dealkylation sites (N-methyl/N-ethyl adjacent to an activating group) is 1. The molecule has 0 saturated carbocycles. The van der Waals surface area contributed by atoms with Gasteiger partial charge in [-0.2, -0.15) is 5.10 Å². The van der Waals surface area contributed by atoms with Crippen LogP contribution in [0.4, 0.5) is 9.59 Å². The third-order valence-corrected chi connectivity index (χ3v) is 6.87. The Hall–Kier alpha value is -4.86. The second-order valence-electron chi connectivity index (χ2n) is 9.77. The Balaban J connectivity index is 1.15. The van der Waals surface area contributed by atoms with Crippen LogP contribution in [0.5, 0.6) is 5.75 Å². The summed E-state index contributed by atoms with van der Waals surface area (Å²) in [6.07, 6.45) is 2.11. The molecule has 4 rings (SSSR count). The van der Waals surface area contributed by atoms with Crippen LogP contribution in [-0.2, 0) is 16.0 Å². The van der Waals surface area contributed by atoms with E-state index in [1.807, 2.05) is 50.2 Å². The SMILES string of the molecule is CCNC(=O)COc1ccc(CCNC(=O)N/N=C/C(CC)NC(=O)OCC2c3ccccc3-c3ccccc32)cc1. The van der Waals surface area contributed by atoms with Crippen molar-refractivity contribution in [1.29, 1.82) is 0 Å². The van der Waals surface area contributed by atoms with Crippen molar-refractivity contribution in [3.63, 3.8) is 0 Å². The molecule has 4 N–H and O–H groups in total. The summed E-state index contributed by atoms with van der Waals surface area (Å²) in [5.41, 5.74) is 8.06. The molecule has 10 nitrogen and oxygen atoms in total. The highest BCUT2D eigenvalue weighted by atomic mass is 16.5. The number of alkyl carbamates (subject to hydrolysis) is 1. The number of fused-ring (bicyclic) bond motifs is 3. The number of urea groups is 1. The first-order chi connectivity index (χ1) is 20.5. The van der Waals surface area contributed by atoms with E-state index in [0.717, 1.165) is 16.7 Å². The maximum absolute atomic E-state index is 12.6. The molecule has 0 heterocycles. The van der Waals surface area contributed by atoms with Crippen LogP contribution in [0.1, 0.15) is 42.9 Å². The first kappa shape index (κ1) is 30.1. The minimum absolute atomic E-state index is 0.0210. The van der Waals surface area contributed by atoms with Crippen LogP contribution in [0.25, 0.3) is 11.1 Å². The van der Waals surface area contributed by atoms with Crippen LogP contribution in [0.3, 0.4) is 0 Å². The zero-order chi connectivity index (χ0) is 29.7. The Bertz CT molecular complexity index is 1350. The molecule has 3 aromatic carbocycles. The van der Waals surface area contributed by atoms with Gasteiger partial charge in [0.15, 0.2) is 6.61 Å². The fraction of sp³-hybridized carbons (Fsp3) is 0.312. The van der Waals surface area contributed by atoms with E-state index in [1.165, 1.54) is 17.3 Å². The van der Waals surface area contributed by atoms with E-state index in [-0.39, 0.29) is 25.0 Å². The number of benzene rings is 3. The fourth-order valence-electron chi connectivity index (χ4n) is 4.73. The number of rotatable bonds is 13. The predicted molar refractivity (Wildman–Crippen MR) is 162 cm³/mol. The molecule has 1 unspecified atom stereocenters. The smallest absolute Gasteiger partial charge is 0.407 e. The monoisotopic (exact) mass is 571 g/mol. The zero-order valence-corrected chi connectivity index (χ0v) is 23.9. The lowest BCUT2D eigenvalue weighted by molar-refractivity contribution is -0.122. The zero-order valence-electron chi connectivity index (χ0n) is 23.9. The van der Waals surface area contributed by atoms with Gasteiger partial charge in [-0.05, 0) is 59.7 Å². The van der Waals surface area contributed by atoms with Crippen LogP contribution in [0, 0.1) is 0 Å². The minimum atomic E-state index is -0.541. The highest BCUT2D eigenvalue weighted by Gasteiger charge is 2.29. The van der Waals surface area contributed by atoms with Crippen LogP contribution < -0.4 is 26.1 Å². The predicted octanol–water partition coefficient (Wildman–Crippen LogP) is 4.35. The van der Waals surface area contributed by atoms with Crippen LogP contribution in [0.2, 0.25) is 0 Å². The molecule has 0 spiro atoms. The molecule has 0 saturated heterocycles. The Morgan fingerprint density at radius 2 is 1.57 bits per heavy atom. The second kappa shape index (κ2) is 15.2. The normalized spacial score (nSPS) is 12.6. The van der Waals surface area contributed by atoms with E-state index >= 15 is 0 Å². The lowest BCUT2D eigenvalue weighted by Gasteiger charge is -2.16. The van der Waals surface area contributed by atoms with Gasteiger partial charge in [-0.15, -0.1) is 0 Å². The molecule has 0 aromatic heterocycles. The molecule has 220 valence electrons. The highest BCUT2D eigenvalue weighted by Crippen LogP contribution is 2.44. The summed E-state index contributed by atoms with van der Waals surface area (Å²) >= 11 is 0. The Morgan fingerprint density at radius 1 is 0.905 bits per heavy atom. The number of ether oxygens (including phenoxy) is 2. The Kier molecular flexibility index (Phi) is 10.9. The maximum Gasteiger partial charge on any atom is 0.407 e. The number of nitrogens with zero attached hydrogens (tertiary/aromatic N) is 1. The number of carbonyl (C=O) groups excluding carboxylic acids is 3. The summed E-state index contributed by atoms with van der Waals surface area (Å²) < 4.78 is 11.0. The van der Waals surface area contributed by atoms with E-state index in [2.05, 4.69) is 50.7 Å². The third kappa shape index (κ3) is 8.33. The molecule has 0 radical (unpaired) electrons. The van der Waals surface area contributed by atoms with Gasteiger partial charge in [0.25, 0.3) is 5.91 Å². The summed E-state index contributed by atoms with van der Waals surface area (Å²) in [6, 6.07) is 22.8. The molecule has 1 aliphatic rings. The minimum Gasteiger partial charge on any atom is -0.484 e. The Labute approximate surface area is 245 Å². The second-order valence-corrected chi connectivity index (χ2v) is 9.77. The fourth-order valence-corrected chi connectivity index (χ4v) is 4.73. The molecular formula is C32H37N5O5. The third-order valence-electron chi connectivity index (χ3n) is 6.87. The van der Waals surface area contributed by atoms with Gasteiger partial charge in [0.05, 0.1) is 6.04 Å².